The summed E-state index contributed by atoms with van der Waals surface area (Å²) >= 11 is 0. The van der Waals surface area contributed by atoms with Gasteiger partial charge in [-0.2, -0.15) is 0 Å². The van der Waals surface area contributed by atoms with E-state index >= 15 is 0 Å². The van der Waals surface area contributed by atoms with E-state index in [1.165, 1.54) is 6.20 Å². The molecule has 0 fully saturated rings. The molecule has 2 rings (SSSR count). The van der Waals surface area contributed by atoms with Gasteiger partial charge < -0.3 is 10.4 Å². The van der Waals surface area contributed by atoms with Gasteiger partial charge in [0.1, 0.15) is 0 Å². The Morgan fingerprint density at radius 3 is 2.53 bits per heavy atom. The number of hydrazine groups is 1. The molecular formula is C10H10N4O. The Bertz CT molecular complexity index is 483. The molecule has 0 aliphatic carbocycles. The number of aromatic amines is 1. The van der Waals surface area contributed by atoms with Gasteiger partial charge in [-0.3, -0.25) is 10.6 Å². The predicted molar refractivity (Wildman–Crippen MR) is 58.1 cm³/mol. The summed E-state index contributed by atoms with van der Waals surface area (Å²) in [5.41, 5.74) is 4.79. The minimum Gasteiger partial charge on any atom is -0.326 e. The number of nitrogens with zero attached hydrogens (tertiary/aromatic N) is 1. The third kappa shape index (κ3) is 2.03. The molecule has 5 heteroatoms. The number of benzene rings is 1. The van der Waals surface area contributed by atoms with Crippen molar-refractivity contribution in [2.24, 2.45) is 5.84 Å². The van der Waals surface area contributed by atoms with Crippen molar-refractivity contribution < 1.29 is 0 Å². The quantitative estimate of drug-likeness (QED) is 0.495. The zero-order chi connectivity index (χ0) is 10.7. The Kier molecular flexibility index (Phi) is 2.47. The maximum absolute atomic E-state index is 10.8. The average molecular weight is 202 g/mol. The van der Waals surface area contributed by atoms with Crippen LogP contribution in [0.5, 0.6) is 0 Å². The second-order valence-electron chi connectivity index (χ2n) is 3.02. The molecule has 0 bridgehead atoms. The first-order chi connectivity index (χ1) is 7.29. The molecule has 0 aliphatic heterocycles. The summed E-state index contributed by atoms with van der Waals surface area (Å²) in [6, 6.07) is 7.41. The number of H-pyrrole nitrogens is 1. The van der Waals surface area contributed by atoms with Gasteiger partial charge in [-0.1, -0.05) is 12.1 Å². The van der Waals surface area contributed by atoms with Crippen LogP contribution in [0.2, 0.25) is 0 Å². The molecule has 0 saturated heterocycles. The van der Waals surface area contributed by atoms with E-state index in [1.807, 2.05) is 24.3 Å². The molecule has 76 valence electrons. The van der Waals surface area contributed by atoms with Crippen molar-refractivity contribution in [2.45, 2.75) is 0 Å². The van der Waals surface area contributed by atoms with Crippen LogP contribution in [0.1, 0.15) is 0 Å². The number of rotatable bonds is 2. The smallest absolute Gasteiger partial charge is 0.266 e. The minimum atomic E-state index is -0.209. The lowest BCUT2D eigenvalue weighted by Gasteiger charge is -2.02. The summed E-state index contributed by atoms with van der Waals surface area (Å²) in [7, 11) is 0. The maximum atomic E-state index is 10.8. The number of nitrogen functional groups attached to an aromatic ring is 1. The SMILES string of the molecule is NNc1ccc(-c2c[nH]c(=O)cn2)cc1. The first kappa shape index (κ1) is 9.42. The molecule has 15 heavy (non-hydrogen) atoms. The lowest BCUT2D eigenvalue weighted by Crippen LogP contribution is -2.06. The van der Waals surface area contributed by atoms with Crippen molar-refractivity contribution in [1.82, 2.24) is 9.97 Å². The topological polar surface area (TPSA) is 83.8 Å². The molecule has 0 atom stereocenters. The molecule has 0 radical (unpaired) electrons. The van der Waals surface area contributed by atoms with Crippen LogP contribution in [0.3, 0.4) is 0 Å². The molecular weight excluding hydrogens is 192 g/mol. The summed E-state index contributed by atoms with van der Waals surface area (Å²) < 4.78 is 0. The van der Waals surface area contributed by atoms with Crippen LogP contribution in [0, 0.1) is 0 Å². The van der Waals surface area contributed by atoms with E-state index in [1.54, 1.807) is 6.20 Å². The number of hydrogen-bond acceptors (Lipinski definition) is 4. The van der Waals surface area contributed by atoms with Crippen molar-refractivity contribution in [3.8, 4) is 11.3 Å². The van der Waals surface area contributed by atoms with E-state index in [0.29, 0.717) is 0 Å². The molecule has 0 aliphatic rings. The second kappa shape index (κ2) is 3.93. The van der Waals surface area contributed by atoms with E-state index in [4.69, 9.17) is 5.84 Å². The van der Waals surface area contributed by atoms with Gasteiger partial charge in [-0.25, -0.2) is 4.98 Å². The van der Waals surface area contributed by atoms with Crippen LogP contribution in [-0.2, 0) is 0 Å². The van der Waals surface area contributed by atoms with Gasteiger partial charge in [0.15, 0.2) is 0 Å². The summed E-state index contributed by atoms with van der Waals surface area (Å²) in [4.78, 5) is 17.4. The molecule has 0 unspecified atom stereocenters. The highest BCUT2D eigenvalue weighted by molar-refractivity contribution is 5.61. The van der Waals surface area contributed by atoms with Crippen LogP contribution in [0.4, 0.5) is 5.69 Å². The third-order valence-electron chi connectivity index (χ3n) is 2.02. The van der Waals surface area contributed by atoms with Gasteiger partial charge in [0.05, 0.1) is 11.9 Å². The van der Waals surface area contributed by atoms with Gasteiger partial charge >= 0.3 is 0 Å². The molecule has 0 spiro atoms. The van der Waals surface area contributed by atoms with Crippen LogP contribution < -0.4 is 16.8 Å². The summed E-state index contributed by atoms with van der Waals surface area (Å²) in [5.74, 6) is 5.25. The van der Waals surface area contributed by atoms with E-state index in [-0.39, 0.29) is 5.56 Å². The van der Waals surface area contributed by atoms with Crippen molar-refractivity contribution >= 4 is 5.69 Å². The van der Waals surface area contributed by atoms with Gasteiger partial charge in [-0.05, 0) is 12.1 Å². The van der Waals surface area contributed by atoms with Gasteiger partial charge in [-0.15, -0.1) is 0 Å². The van der Waals surface area contributed by atoms with Gasteiger partial charge in [0, 0.05) is 17.4 Å². The van der Waals surface area contributed by atoms with Crippen molar-refractivity contribution in [2.75, 3.05) is 5.43 Å². The highest BCUT2D eigenvalue weighted by Crippen LogP contribution is 2.17. The van der Waals surface area contributed by atoms with E-state index < -0.39 is 0 Å². The lowest BCUT2D eigenvalue weighted by molar-refractivity contribution is 1.14. The van der Waals surface area contributed by atoms with Crippen LogP contribution in [0.15, 0.2) is 41.5 Å². The van der Waals surface area contributed by atoms with E-state index in [9.17, 15) is 4.79 Å². The molecule has 1 heterocycles. The Balaban J connectivity index is 2.37. The van der Waals surface area contributed by atoms with Gasteiger partial charge in [0.25, 0.3) is 5.56 Å². The fourth-order valence-corrected chi connectivity index (χ4v) is 1.24. The van der Waals surface area contributed by atoms with Crippen molar-refractivity contribution in [3.63, 3.8) is 0 Å². The number of aromatic nitrogens is 2. The Morgan fingerprint density at radius 1 is 1.27 bits per heavy atom. The maximum Gasteiger partial charge on any atom is 0.266 e. The Hall–Kier alpha value is -2.14. The minimum absolute atomic E-state index is 0.209. The first-order valence-corrected chi connectivity index (χ1v) is 4.41. The van der Waals surface area contributed by atoms with Crippen LogP contribution in [-0.4, -0.2) is 9.97 Å². The monoisotopic (exact) mass is 202 g/mol. The number of nitrogens with one attached hydrogen (secondary N) is 2. The zero-order valence-electron chi connectivity index (χ0n) is 7.90. The zero-order valence-corrected chi connectivity index (χ0v) is 7.90. The number of nitrogens with two attached hydrogens (primary N) is 1. The molecule has 1 aromatic heterocycles. The van der Waals surface area contributed by atoms with E-state index in [2.05, 4.69) is 15.4 Å². The molecule has 4 N–H and O–H groups in total. The number of hydrogen-bond donors (Lipinski definition) is 3. The first-order valence-electron chi connectivity index (χ1n) is 4.41. The molecule has 2 aromatic rings. The fraction of sp³-hybridized carbons (Fsp3) is 0. The molecule has 1 aromatic carbocycles. The summed E-state index contributed by atoms with van der Waals surface area (Å²) in [6.45, 7) is 0. The summed E-state index contributed by atoms with van der Waals surface area (Å²) in [5, 5.41) is 0. The van der Waals surface area contributed by atoms with Crippen LogP contribution >= 0.6 is 0 Å². The largest absolute Gasteiger partial charge is 0.326 e. The van der Waals surface area contributed by atoms with Gasteiger partial charge in [0.2, 0.25) is 0 Å². The Labute approximate surface area is 85.9 Å². The third-order valence-corrected chi connectivity index (χ3v) is 2.02. The lowest BCUT2D eigenvalue weighted by atomic mass is 10.1. The van der Waals surface area contributed by atoms with E-state index in [0.717, 1.165) is 16.9 Å². The Morgan fingerprint density at radius 2 is 2.00 bits per heavy atom. The van der Waals surface area contributed by atoms with Crippen molar-refractivity contribution in [3.05, 3.63) is 47.0 Å². The van der Waals surface area contributed by atoms with Crippen LogP contribution in [0.25, 0.3) is 11.3 Å². The molecule has 0 saturated carbocycles. The second-order valence-corrected chi connectivity index (χ2v) is 3.02. The molecule has 0 amide bonds. The highest BCUT2D eigenvalue weighted by Gasteiger charge is 1.98. The average Bonchev–Trinajstić information content (AvgIpc) is 2.30. The highest BCUT2D eigenvalue weighted by atomic mass is 16.1. The summed E-state index contributed by atoms with van der Waals surface area (Å²) in [6.07, 6.45) is 2.83. The normalized spacial score (nSPS) is 9.93. The van der Waals surface area contributed by atoms with Crippen molar-refractivity contribution in [1.29, 1.82) is 0 Å². The standard InChI is InChI=1S/C10H10N4O/c11-14-8-3-1-7(2-4-8)9-5-13-10(15)6-12-9/h1-6,14H,11H2,(H,13,15). The predicted octanol–water partition coefficient (Wildman–Crippen LogP) is 0.723. The molecule has 5 nitrogen and oxygen atoms in total. The fourth-order valence-electron chi connectivity index (χ4n) is 1.24. The number of anilines is 1.